The fourth-order valence-corrected chi connectivity index (χ4v) is 2.57. The van der Waals surface area contributed by atoms with Crippen molar-refractivity contribution in [1.29, 1.82) is 0 Å². The molecule has 1 aliphatic carbocycles. The Kier molecular flexibility index (Phi) is 3.09. The third-order valence-electron chi connectivity index (χ3n) is 2.78. The van der Waals surface area contributed by atoms with E-state index >= 15 is 0 Å². The lowest BCUT2D eigenvalue weighted by Gasteiger charge is -2.25. The van der Waals surface area contributed by atoms with E-state index < -0.39 is 15.9 Å². The normalized spacial score (nSPS) is 22.8. The Morgan fingerprint density at radius 1 is 1.33 bits per heavy atom. The summed E-state index contributed by atoms with van der Waals surface area (Å²) in [7, 11) is 0. The molecule has 0 saturated carbocycles. The standard InChI is InChI=1S/C14H15BrO3/c1-13(2,3)18-12(17)14(15)8-9-6-4-5-7-10(9)11(14)16/h4-7H,8H2,1-3H3. The van der Waals surface area contributed by atoms with Gasteiger partial charge in [-0.05, 0) is 26.3 Å². The lowest BCUT2D eigenvalue weighted by atomic mass is 10.0. The Hall–Kier alpha value is -1.16. The number of hydrogen-bond donors (Lipinski definition) is 0. The number of benzene rings is 1. The van der Waals surface area contributed by atoms with Crippen LogP contribution in [-0.2, 0) is 16.0 Å². The highest BCUT2D eigenvalue weighted by atomic mass is 79.9. The van der Waals surface area contributed by atoms with Gasteiger partial charge in [0.25, 0.3) is 0 Å². The van der Waals surface area contributed by atoms with Crippen molar-refractivity contribution >= 4 is 27.7 Å². The third kappa shape index (κ3) is 2.21. The van der Waals surface area contributed by atoms with Gasteiger partial charge in [0.2, 0.25) is 0 Å². The first-order chi connectivity index (χ1) is 8.24. The SMILES string of the molecule is CC(C)(C)OC(=O)C1(Br)Cc2ccccc2C1=O. The molecule has 3 nitrogen and oxygen atoms in total. The lowest BCUT2D eigenvalue weighted by molar-refractivity contribution is -0.155. The van der Waals surface area contributed by atoms with Gasteiger partial charge < -0.3 is 4.74 Å². The summed E-state index contributed by atoms with van der Waals surface area (Å²) >= 11 is 3.29. The molecule has 0 N–H and O–H groups in total. The van der Waals surface area contributed by atoms with Crippen LogP contribution in [0.3, 0.4) is 0 Å². The number of carbonyl (C=O) groups excluding carboxylic acids is 2. The first kappa shape index (κ1) is 13.3. The first-order valence-corrected chi connectivity index (χ1v) is 6.58. The van der Waals surface area contributed by atoms with E-state index in [0.29, 0.717) is 12.0 Å². The van der Waals surface area contributed by atoms with Crippen molar-refractivity contribution in [2.75, 3.05) is 0 Å². The number of ketones is 1. The highest BCUT2D eigenvalue weighted by Gasteiger charge is 2.51. The Balaban J connectivity index is 2.31. The van der Waals surface area contributed by atoms with E-state index in [-0.39, 0.29) is 5.78 Å². The van der Waals surface area contributed by atoms with Crippen molar-refractivity contribution in [2.24, 2.45) is 0 Å². The van der Waals surface area contributed by atoms with Crippen LogP contribution < -0.4 is 0 Å². The average molecular weight is 311 g/mol. The van der Waals surface area contributed by atoms with Gasteiger partial charge in [-0.1, -0.05) is 40.2 Å². The predicted octanol–water partition coefficient (Wildman–Crippen LogP) is 2.90. The third-order valence-corrected chi connectivity index (χ3v) is 3.74. The van der Waals surface area contributed by atoms with Gasteiger partial charge in [0.15, 0.2) is 10.1 Å². The average Bonchev–Trinajstić information content (AvgIpc) is 2.51. The number of halogens is 1. The van der Waals surface area contributed by atoms with Gasteiger partial charge in [-0.25, -0.2) is 0 Å². The zero-order chi connectivity index (χ0) is 13.6. The Morgan fingerprint density at radius 2 is 1.94 bits per heavy atom. The van der Waals surface area contributed by atoms with Crippen LogP contribution in [0.15, 0.2) is 24.3 Å². The minimum atomic E-state index is -1.26. The minimum absolute atomic E-state index is 0.215. The number of fused-ring (bicyclic) bond motifs is 1. The number of hydrogen-bond acceptors (Lipinski definition) is 3. The molecule has 1 unspecified atom stereocenters. The van der Waals surface area contributed by atoms with E-state index in [1.165, 1.54) is 0 Å². The van der Waals surface area contributed by atoms with Gasteiger partial charge in [0, 0.05) is 12.0 Å². The van der Waals surface area contributed by atoms with E-state index in [1.807, 2.05) is 12.1 Å². The van der Waals surface area contributed by atoms with Crippen LogP contribution in [0.4, 0.5) is 0 Å². The topological polar surface area (TPSA) is 43.4 Å². The molecule has 0 radical (unpaired) electrons. The maximum Gasteiger partial charge on any atom is 0.331 e. The van der Waals surface area contributed by atoms with Crippen molar-refractivity contribution in [3.63, 3.8) is 0 Å². The molecule has 2 rings (SSSR count). The van der Waals surface area contributed by atoms with Crippen molar-refractivity contribution in [2.45, 2.75) is 37.1 Å². The van der Waals surface area contributed by atoms with Gasteiger partial charge in [-0.2, -0.15) is 0 Å². The predicted molar refractivity (Wildman–Crippen MR) is 72.0 cm³/mol. The van der Waals surface area contributed by atoms with Crippen molar-refractivity contribution in [1.82, 2.24) is 0 Å². The molecule has 0 fully saturated rings. The number of rotatable bonds is 1. The summed E-state index contributed by atoms with van der Waals surface area (Å²) in [6.07, 6.45) is 0.344. The summed E-state index contributed by atoms with van der Waals surface area (Å²) < 4.78 is 4.06. The second kappa shape index (κ2) is 4.19. The maximum atomic E-state index is 12.3. The van der Waals surface area contributed by atoms with Crippen LogP contribution >= 0.6 is 15.9 Å². The zero-order valence-electron chi connectivity index (χ0n) is 10.6. The highest BCUT2D eigenvalue weighted by molar-refractivity contribution is 9.10. The van der Waals surface area contributed by atoms with E-state index in [0.717, 1.165) is 5.56 Å². The van der Waals surface area contributed by atoms with Gasteiger partial charge in [-0.3, -0.25) is 9.59 Å². The van der Waals surface area contributed by atoms with Crippen molar-refractivity contribution in [3.8, 4) is 0 Å². The van der Waals surface area contributed by atoms with Crippen LogP contribution in [0.1, 0.15) is 36.7 Å². The van der Waals surface area contributed by atoms with Crippen molar-refractivity contribution in [3.05, 3.63) is 35.4 Å². The van der Waals surface area contributed by atoms with Crippen molar-refractivity contribution < 1.29 is 14.3 Å². The number of Topliss-reactive ketones (excluding diaryl/α,β-unsaturated/α-hetero) is 1. The molecule has 1 atom stereocenters. The Morgan fingerprint density at radius 3 is 2.50 bits per heavy atom. The Bertz CT molecular complexity index is 516. The maximum absolute atomic E-state index is 12.3. The molecule has 0 aliphatic heterocycles. The summed E-state index contributed by atoms with van der Waals surface area (Å²) in [5, 5.41) is 0. The van der Waals surface area contributed by atoms with E-state index in [4.69, 9.17) is 4.74 Å². The lowest BCUT2D eigenvalue weighted by Crippen LogP contribution is -2.43. The van der Waals surface area contributed by atoms with Gasteiger partial charge in [-0.15, -0.1) is 0 Å². The molecule has 1 aromatic carbocycles. The largest absolute Gasteiger partial charge is 0.459 e. The molecule has 96 valence electrons. The monoisotopic (exact) mass is 310 g/mol. The molecular weight excluding hydrogens is 296 g/mol. The molecule has 0 aromatic heterocycles. The smallest absolute Gasteiger partial charge is 0.331 e. The van der Waals surface area contributed by atoms with Crippen LogP contribution in [0.5, 0.6) is 0 Å². The molecular formula is C14H15BrO3. The van der Waals surface area contributed by atoms with Crippen LogP contribution in [0, 0.1) is 0 Å². The number of carbonyl (C=O) groups is 2. The highest BCUT2D eigenvalue weighted by Crippen LogP contribution is 2.38. The first-order valence-electron chi connectivity index (χ1n) is 5.79. The Labute approximate surface area is 115 Å². The fourth-order valence-electron chi connectivity index (χ4n) is 1.98. The zero-order valence-corrected chi connectivity index (χ0v) is 12.2. The molecule has 1 aliphatic rings. The number of ether oxygens (including phenoxy) is 1. The van der Waals surface area contributed by atoms with Gasteiger partial charge in [0.05, 0.1) is 0 Å². The van der Waals surface area contributed by atoms with Crippen LogP contribution in [0.2, 0.25) is 0 Å². The second-order valence-corrected chi connectivity index (χ2v) is 6.82. The molecule has 4 heteroatoms. The summed E-state index contributed by atoms with van der Waals surface area (Å²) in [4.78, 5) is 24.5. The fraction of sp³-hybridized carbons (Fsp3) is 0.429. The second-order valence-electron chi connectivity index (χ2n) is 5.47. The van der Waals surface area contributed by atoms with Crippen LogP contribution in [-0.4, -0.2) is 21.7 Å². The minimum Gasteiger partial charge on any atom is -0.459 e. The molecule has 0 amide bonds. The van der Waals surface area contributed by atoms with E-state index in [9.17, 15) is 9.59 Å². The molecule has 0 heterocycles. The molecule has 18 heavy (non-hydrogen) atoms. The quantitative estimate of drug-likeness (QED) is 0.455. The van der Waals surface area contributed by atoms with Gasteiger partial charge >= 0.3 is 5.97 Å². The molecule has 0 saturated heterocycles. The summed E-state index contributed by atoms with van der Waals surface area (Å²) in [6.45, 7) is 5.36. The van der Waals surface area contributed by atoms with Gasteiger partial charge in [0.1, 0.15) is 5.60 Å². The summed E-state index contributed by atoms with van der Waals surface area (Å²) in [5.74, 6) is -0.733. The molecule has 0 spiro atoms. The van der Waals surface area contributed by atoms with Crippen LogP contribution in [0.25, 0.3) is 0 Å². The summed E-state index contributed by atoms with van der Waals surface area (Å²) in [5.41, 5.74) is 0.873. The van der Waals surface area contributed by atoms with E-state index in [2.05, 4.69) is 15.9 Å². The summed E-state index contributed by atoms with van der Waals surface area (Å²) in [6, 6.07) is 7.26. The molecule has 0 bridgehead atoms. The molecule has 1 aromatic rings. The number of esters is 1. The number of alkyl halides is 1. The van der Waals surface area contributed by atoms with E-state index in [1.54, 1.807) is 32.9 Å².